The van der Waals surface area contributed by atoms with Gasteiger partial charge in [0.25, 0.3) is 5.69 Å². The van der Waals surface area contributed by atoms with E-state index < -0.39 is 0 Å². The Kier molecular flexibility index (Phi) is 6.65. The van der Waals surface area contributed by atoms with Crippen LogP contribution in [0.2, 0.25) is 0 Å². The van der Waals surface area contributed by atoms with Crippen molar-refractivity contribution in [3.63, 3.8) is 0 Å². The van der Waals surface area contributed by atoms with Crippen molar-refractivity contribution in [3.8, 4) is 0 Å². The summed E-state index contributed by atoms with van der Waals surface area (Å²) >= 11 is 0. The van der Waals surface area contributed by atoms with Crippen LogP contribution in [0.3, 0.4) is 0 Å². The predicted octanol–water partition coefficient (Wildman–Crippen LogP) is 3.86. The van der Waals surface area contributed by atoms with Crippen molar-refractivity contribution in [3.05, 3.63) is 39.4 Å². The van der Waals surface area contributed by atoms with E-state index in [2.05, 4.69) is 26.1 Å². The highest BCUT2D eigenvalue weighted by atomic mass is 16.6. The maximum atomic E-state index is 11.0. The fraction of sp³-hybridized carbons (Fsp3) is 0.625. The molecule has 0 heterocycles. The van der Waals surface area contributed by atoms with Gasteiger partial charge in [0.05, 0.1) is 4.92 Å². The van der Waals surface area contributed by atoms with E-state index in [0.717, 1.165) is 36.9 Å². The Hall–Kier alpha value is -1.42. The molecular formula is C16H26N2O2. The average Bonchev–Trinajstić information content (AvgIpc) is 2.36. The number of nitrogens with zero attached hydrogens (tertiary/aromatic N) is 1. The van der Waals surface area contributed by atoms with Crippen molar-refractivity contribution in [2.75, 3.05) is 6.54 Å². The van der Waals surface area contributed by atoms with Crippen LogP contribution >= 0.6 is 0 Å². The van der Waals surface area contributed by atoms with Crippen LogP contribution in [0.5, 0.6) is 0 Å². The fourth-order valence-corrected chi connectivity index (χ4v) is 2.63. The second-order valence-electron chi connectivity index (χ2n) is 5.74. The lowest BCUT2D eigenvalue weighted by molar-refractivity contribution is -0.385. The molecule has 4 heteroatoms. The molecule has 1 aromatic rings. The van der Waals surface area contributed by atoms with Crippen molar-refractivity contribution < 1.29 is 4.92 Å². The molecule has 0 aliphatic heterocycles. The van der Waals surface area contributed by atoms with Crippen LogP contribution in [0, 0.1) is 23.0 Å². The highest BCUT2D eigenvalue weighted by molar-refractivity contribution is 5.44. The van der Waals surface area contributed by atoms with Gasteiger partial charge in [0, 0.05) is 17.7 Å². The van der Waals surface area contributed by atoms with Gasteiger partial charge < -0.3 is 5.32 Å². The van der Waals surface area contributed by atoms with E-state index in [0.29, 0.717) is 12.0 Å². The zero-order chi connectivity index (χ0) is 15.1. The molecule has 1 rings (SSSR count). The zero-order valence-electron chi connectivity index (χ0n) is 13.0. The first-order chi connectivity index (χ1) is 9.45. The average molecular weight is 278 g/mol. The van der Waals surface area contributed by atoms with Gasteiger partial charge in [0.1, 0.15) is 0 Å². The summed E-state index contributed by atoms with van der Waals surface area (Å²) in [5.41, 5.74) is 2.12. The van der Waals surface area contributed by atoms with Crippen molar-refractivity contribution in [1.29, 1.82) is 0 Å². The molecule has 0 spiro atoms. The molecular weight excluding hydrogens is 252 g/mol. The molecule has 1 aromatic carbocycles. The lowest BCUT2D eigenvalue weighted by Crippen LogP contribution is -2.30. The number of hydrogen-bond donors (Lipinski definition) is 1. The molecule has 0 aromatic heterocycles. The topological polar surface area (TPSA) is 55.2 Å². The van der Waals surface area contributed by atoms with E-state index in [4.69, 9.17) is 0 Å². The smallest absolute Gasteiger partial charge is 0.272 e. The van der Waals surface area contributed by atoms with E-state index in [1.165, 1.54) is 0 Å². The predicted molar refractivity (Wildman–Crippen MR) is 83.1 cm³/mol. The molecule has 1 unspecified atom stereocenters. The Morgan fingerprint density at radius 2 is 2.05 bits per heavy atom. The number of aryl methyl sites for hydroxylation is 1. The lowest BCUT2D eigenvalue weighted by atomic mass is 9.95. The van der Waals surface area contributed by atoms with Gasteiger partial charge in [-0.15, -0.1) is 0 Å². The van der Waals surface area contributed by atoms with E-state index in [-0.39, 0.29) is 10.6 Å². The minimum absolute atomic E-state index is 0.228. The van der Waals surface area contributed by atoms with Gasteiger partial charge >= 0.3 is 0 Å². The van der Waals surface area contributed by atoms with E-state index >= 15 is 0 Å². The SMILES string of the molecule is CCNC(CCc1cccc([N+](=O)[O-])c1C)CC(C)C. The summed E-state index contributed by atoms with van der Waals surface area (Å²) in [7, 11) is 0. The molecule has 0 amide bonds. The summed E-state index contributed by atoms with van der Waals surface area (Å²) < 4.78 is 0. The molecule has 0 saturated heterocycles. The maximum absolute atomic E-state index is 11.0. The van der Waals surface area contributed by atoms with Crippen LogP contribution in [-0.2, 0) is 6.42 Å². The Morgan fingerprint density at radius 3 is 2.60 bits per heavy atom. The Balaban J connectivity index is 2.72. The Bertz CT molecular complexity index is 444. The van der Waals surface area contributed by atoms with Crippen molar-refractivity contribution in [1.82, 2.24) is 5.32 Å². The van der Waals surface area contributed by atoms with E-state index in [9.17, 15) is 10.1 Å². The van der Waals surface area contributed by atoms with Gasteiger partial charge in [0.15, 0.2) is 0 Å². The third-order valence-corrected chi connectivity index (χ3v) is 3.62. The zero-order valence-corrected chi connectivity index (χ0v) is 13.0. The maximum Gasteiger partial charge on any atom is 0.272 e. The lowest BCUT2D eigenvalue weighted by Gasteiger charge is -2.20. The molecule has 1 N–H and O–H groups in total. The molecule has 0 aliphatic rings. The summed E-state index contributed by atoms with van der Waals surface area (Å²) in [6.45, 7) is 9.38. The minimum atomic E-state index is -0.297. The Labute approximate surface area is 121 Å². The van der Waals surface area contributed by atoms with Gasteiger partial charge in [-0.1, -0.05) is 32.9 Å². The summed E-state index contributed by atoms with van der Waals surface area (Å²) in [6.07, 6.45) is 3.05. The van der Waals surface area contributed by atoms with Crippen molar-refractivity contribution in [2.24, 2.45) is 5.92 Å². The van der Waals surface area contributed by atoms with E-state index in [1.807, 2.05) is 13.0 Å². The highest BCUT2D eigenvalue weighted by Gasteiger charge is 2.15. The van der Waals surface area contributed by atoms with Crippen LogP contribution in [0.15, 0.2) is 18.2 Å². The van der Waals surface area contributed by atoms with Crippen LogP contribution in [0.25, 0.3) is 0 Å². The summed E-state index contributed by atoms with van der Waals surface area (Å²) in [4.78, 5) is 10.7. The van der Waals surface area contributed by atoms with Gasteiger partial charge in [-0.25, -0.2) is 0 Å². The van der Waals surface area contributed by atoms with Gasteiger partial charge in [-0.2, -0.15) is 0 Å². The largest absolute Gasteiger partial charge is 0.314 e. The third-order valence-electron chi connectivity index (χ3n) is 3.62. The molecule has 112 valence electrons. The second kappa shape index (κ2) is 8.00. The molecule has 0 radical (unpaired) electrons. The first kappa shape index (κ1) is 16.6. The number of nitro groups is 1. The van der Waals surface area contributed by atoms with Crippen LogP contribution in [0.4, 0.5) is 5.69 Å². The summed E-state index contributed by atoms with van der Waals surface area (Å²) in [5, 5.41) is 14.5. The third kappa shape index (κ3) is 4.93. The number of rotatable bonds is 8. The van der Waals surface area contributed by atoms with Crippen LogP contribution in [0.1, 0.15) is 44.7 Å². The first-order valence-corrected chi connectivity index (χ1v) is 7.42. The van der Waals surface area contributed by atoms with Crippen molar-refractivity contribution in [2.45, 2.75) is 53.0 Å². The number of hydrogen-bond acceptors (Lipinski definition) is 3. The monoisotopic (exact) mass is 278 g/mol. The van der Waals surface area contributed by atoms with Crippen LogP contribution in [-0.4, -0.2) is 17.5 Å². The molecule has 20 heavy (non-hydrogen) atoms. The quantitative estimate of drug-likeness (QED) is 0.580. The second-order valence-corrected chi connectivity index (χ2v) is 5.74. The molecule has 4 nitrogen and oxygen atoms in total. The number of nitro benzene ring substituents is 1. The molecule has 0 fully saturated rings. The van der Waals surface area contributed by atoms with Gasteiger partial charge in [-0.3, -0.25) is 10.1 Å². The molecule has 0 saturated carbocycles. The van der Waals surface area contributed by atoms with E-state index in [1.54, 1.807) is 12.1 Å². The van der Waals surface area contributed by atoms with Crippen LogP contribution < -0.4 is 5.32 Å². The molecule has 0 aliphatic carbocycles. The Morgan fingerprint density at radius 1 is 1.35 bits per heavy atom. The first-order valence-electron chi connectivity index (χ1n) is 7.42. The molecule has 0 bridgehead atoms. The number of benzene rings is 1. The molecule has 1 atom stereocenters. The summed E-state index contributed by atoms with van der Waals surface area (Å²) in [6, 6.07) is 5.85. The van der Waals surface area contributed by atoms with Gasteiger partial charge in [0.2, 0.25) is 0 Å². The normalized spacial score (nSPS) is 12.7. The van der Waals surface area contributed by atoms with Gasteiger partial charge in [-0.05, 0) is 44.2 Å². The fourth-order valence-electron chi connectivity index (χ4n) is 2.63. The van der Waals surface area contributed by atoms with Crippen molar-refractivity contribution >= 4 is 5.69 Å². The highest BCUT2D eigenvalue weighted by Crippen LogP contribution is 2.23. The minimum Gasteiger partial charge on any atom is -0.314 e. The standard InChI is InChI=1S/C16H26N2O2/c1-5-17-15(11-12(2)3)10-9-14-7-6-8-16(13(14)4)18(19)20/h6-8,12,15,17H,5,9-11H2,1-4H3. The number of nitrogens with one attached hydrogen (secondary N) is 1. The summed E-state index contributed by atoms with van der Waals surface area (Å²) in [5.74, 6) is 0.658.